The average Bonchev–Trinajstić information content (AvgIpc) is 1.67. The van der Waals surface area contributed by atoms with Crippen LogP contribution >= 0.6 is 23.5 Å². The van der Waals surface area contributed by atoms with E-state index >= 15 is 0 Å². The lowest BCUT2D eigenvalue weighted by molar-refractivity contribution is 0.468. The summed E-state index contributed by atoms with van der Waals surface area (Å²) in [5.74, 6) is 3.79. The number of aromatic nitrogens is 1. The molecule has 6 aliphatic rings. The second kappa shape index (κ2) is 19.6. The number of fused-ring (bicyclic) bond motifs is 19. The van der Waals surface area contributed by atoms with E-state index in [1.165, 1.54) is 124 Å². The molecule has 2 aliphatic carbocycles. The van der Waals surface area contributed by atoms with Crippen molar-refractivity contribution in [1.82, 2.24) is 4.57 Å². The first-order valence-electron chi connectivity index (χ1n) is 32.3. The number of anilines is 6. The maximum Gasteiger partial charge on any atom is 0.253 e. The summed E-state index contributed by atoms with van der Waals surface area (Å²) in [4.78, 5) is 9.77. The van der Waals surface area contributed by atoms with E-state index in [0.717, 1.165) is 57.1 Å². The zero-order valence-corrected chi connectivity index (χ0v) is 53.2. The number of para-hydroxylation sites is 8. The lowest BCUT2D eigenvalue weighted by Gasteiger charge is -2.40. The standard InChI is InChI=1S/C84H57B2N3O2S2/c1-83(2)62-45-54(87(50-25-9-5-10-26-50)51-27-11-6-12-28-51)41-43-56(62)60-47-72-76-79(74(60)83)90-70-39-23-19-35-64(70)85(76)66-49-67-82(78(81(66)92-72)89-68-37-21-17-33-58(68)59-34-18-22-38-69(59)89)93-73-48-61-57-44-42-55(88(52-29-13-7-14-30-52)53-31-15-8-16-32-53)46-63(57)84(3,4)75(61)80-77(73)86(67)65-36-20-24-40-71(65)91-80/h5-49H,1-4H3. The number of hydrogen-bond acceptors (Lipinski definition) is 6. The molecule has 0 N–H and O–H groups in total. The van der Waals surface area contributed by atoms with E-state index in [0.29, 0.717) is 0 Å². The Balaban J connectivity index is 0.830. The van der Waals surface area contributed by atoms with Crippen LogP contribution in [0.1, 0.15) is 49.9 Å². The molecule has 0 radical (unpaired) electrons. The Hall–Kier alpha value is -10.3. The summed E-state index contributed by atoms with van der Waals surface area (Å²) in [6.45, 7) is 9.36. The van der Waals surface area contributed by atoms with Crippen molar-refractivity contribution >= 4 is 126 Å². The summed E-state index contributed by atoms with van der Waals surface area (Å²) < 4.78 is 17.7. The highest BCUT2D eigenvalue weighted by Gasteiger charge is 2.52. The minimum atomic E-state index is -0.420. The first-order valence-corrected chi connectivity index (χ1v) is 33.9. The third-order valence-corrected chi connectivity index (χ3v) is 23.3. The third kappa shape index (κ3) is 7.46. The lowest BCUT2D eigenvalue weighted by atomic mass is 9.32. The maximum atomic E-state index is 7.56. The van der Waals surface area contributed by atoms with Gasteiger partial charge >= 0.3 is 0 Å². The number of nitrogens with zero attached hydrogens (tertiary/aromatic N) is 3. The fourth-order valence-electron chi connectivity index (χ4n) is 16.9. The van der Waals surface area contributed by atoms with Crippen molar-refractivity contribution in [2.45, 2.75) is 58.1 Å². The van der Waals surface area contributed by atoms with Crippen molar-refractivity contribution < 1.29 is 9.47 Å². The van der Waals surface area contributed by atoms with E-state index in [2.05, 4.69) is 315 Å². The van der Waals surface area contributed by atoms with E-state index in [9.17, 15) is 0 Å². The Bertz CT molecular complexity index is 5140. The van der Waals surface area contributed by atoms with Crippen molar-refractivity contribution in [3.05, 3.63) is 295 Å². The van der Waals surface area contributed by atoms with E-state index in [-0.39, 0.29) is 13.4 Å². The van der Waals surface area contributed by atoms with Crippen LogP contribution in [0, 0.1) is 0 Å². The highest BCUT2D eigenvalue weighted by molar-refractivity contribution is 8.01. The van der Waals surface area contributed by atoms with E-state index in [4.69, 9.17) is 9.47 Å². The van der Waals surface area contributed by atoms with Gasteiger partial charge in [0.15, 0.2) is 0 Å². The molecule has 20 rings (SSSR count). The fourth-order valence-corrected chi connectivity index (χ4v) is 19.6. The Kier molecular flexibility index (Phi) is 11.3. The zero-order valence-electron chi connectivity index (χ0n) is 51.6. The molecule has 0 unspecified atom stereocenters. The highest BCUT2D eigenvalue weighted by Crippen LogP contribution is 2.60. The van der Waals surface area contributed by atoms with Crippen LogP contribution in [0.5, 0.6) is 23.0 Å². The largest absolute Gasteiger partial charge is 0.458 e. The first kappa shape index (κ1) is 53.4. The van der Waals surface area contributed by atoms with Crippen molar-refractivity contribution in [2.75, 3.05) is 9.80 Å². The minimum absolute atomic E-state index is 0.143. The number of hydrogen-bond donors (Lipinski definition) is 0. The number of benzene rings is 13. The van der Waals surface area contributed by atoms with Gasteiger partial charge in [0.2, 0.25) is 0 Å². The zero-order chi connectivity index (χ0) is 61.6. The van der Waals surface area contributed by atoms with Crippen LogP contribution in [0.2, 0.25) is 0 Å². The number of rotatable bonds is 7. The molecule has 13 aromatic carbocycles. The van der Waals surface area contributed by atoms with Crippen LogP contribution in [-0.2, 0) is 10.8 Å². The van der Waals surface area contributed by atoms with Crippen molar-refractivity contribution in [3.63, 3.8) is 0 Å². The summed E-state index contributed by atoms with van der Waals surface area (Å²) in [6, 6.07) is 101. The van der Waals surface area contributed by atoms with E-state index < -0.39 is 10.8 Å². The van der Waals surface area contributed by atoms with Gasteiger partial charge in [-0.15, -0.1) is 0 Å². The highest BCUT2D eigenvalue weighted by atomic mass is 32.2. The molecule has 0 atom stereocenters. The smallest absolute Gasteiger partial charge is 0.253 e. The lowest BCUT2D eigenvalue weighted by Crippen LogP contribution is -2.62. The van der Waals surface area contributed by atoms with Gasteiger partial charge in [-0.2, -0.15) is 0 Å². The van der Waals surface area contributed by atoms with Gasteiger partial charge < -0.3 is 23.8 Å². The normalized spacial score (nSPS) is 14.7. The summed E-state index contributed by atoms with van der Waals surface area (Å²) in [5, 5.41) is 2.48. The van der Waals surface area contributed by atoms with Gasteiger partial charge in [-0.05, 0) is 164 Å². The molecule has 0 saturated heterocycles. The molecule has 438 valence electrons. The van der Waals surface area contributed by atoms with E-state index in [1.54, 1.807) is 0 Å². The minimum Gasteiger partial charge on any atom is -0.458 e. The Morgan fingerprint density at radius 1 is 0.344 bits per heavy atom. The summed E-state index contributed by atoms with van der Waals surface area (Å²) >= 11 is 3.87. The number of ether oxygens (including phenoxy) is 2. The maximum absolute atomic E-state index is 7.56. The van der Waals surface area contributed by atoms with Crippen molar-refractivity contribution in [2.24, 2.45) is 0 Å². The second-order valence-electron chi connectivity index (χ2n) is 26.6. The fraction of sp³-hybridized carbons (Fsp3) is 0.0714. The third-order valence-electron chi connectivity index (χ3n) is 20.9. The molecule has 0 spiro atoms. The molecule has 14 aromatic rings. The molecule has 0 saturated carbocycles. The molecule has 5 nitrogen and oxygen atoms in total. The Morgan fingerprint density at radius 2 is 0.710 bits per heavy atom. The predicted molar refractivity (Wildman–Crippen MR) is 389 cm³/mol. The quantitative estimate of drug-likeness (QED) is 0.148. The van der Waals surface area contributed by atoms with Crippen LogP contribution < -0.4 is 52.1 Å². The van der Waals surface area contributed by atoms with Gasteiger partial charge in [-0.3, -0.25) is 0 Å². The van der Waals surface area contributed by atoms with Gasteiger partial charge in [0, 0.05) is 86.4 Å². The summed E-state index contributed by atoms with van der Waals surface area (Å²) in [6.07, 6.45) is 0. The second-order valence-corrected chi connectivity index (χ2v) is 28.7. The van der Waals surface area contributed by atoms with Gasteiger partial charge in [-0.25, -0.2) is 0 Å². The molecular weight excluding hydrogens is 1170 g/mol. The van der Waals surface area contributed by atoms with Crippen LogP contribution in [0.3, 0.4) is 0 Å². The van der Waals surface area contributed by atoms with Crippen molar-refractivity contribution in [1.29, 1.82) is 0 Å². The topological polar surface area (TPSA) is 29.9 Å². The molecule has 0 amide bonds. The molecule has 4 aliphatic heterocycles. The molecule has 0 bridgehead atoms. The Labute approximate surface area is 550 Å². The molecular formula is C84H57B2N3O2S2. The Morgan fingerprint density at radius 3 is 1.12 bits per heavy atom. The SMILES string of the molecule is CC1(C)c2cc(N(c3ccccc3)c3ccccc3)ccc2-c2cc3c4c(c21)Oc1ccccc1B4c1cc2c(c(-n4c5ccccc5c5ccccc54)c1S3)Sc1cc3c(c4c1B2c1ccccc1O4)C(C)(C)c1cc(N(c2ccccc2)c2ccccc2)ccc1-3. The first-order chi connectivity index (χ1) is 45.7. The molecule has 9 heteroatoms. The molecule has 5 heterocycles. The van der Waals surface area contributed by atoms with Crippen LogP contribution in [0.15, 0.2) is 293 Å². The van der Waals surface area contributed by atoms with Crippen LogP contribution in [0.4, 0.5) is 34.1 Å². The van der Waals surface area contributed by atoms with Gasteiger partial charge in [0.1, 0.15) is 23.0 Å². The van der Waals surface area contributed by atoms with Crippen molar-refractivity contribution in [3.8, 4) is 50.9 Å². The predicted octanol–water partition coefficient (Wildman–Crippen LogP) is 18.5. The van der Waals surface area contributed by atoms with Crippen LogP contribution in [-0.4, -0.2) is 18.0 Å². The molecule has 0 fully saturated rings. The van der Waals surface area contributed by atoms with Gasteiger partial charge in [-0.1, -0.05) is 226 Å². The average molecular weight is 1230 g/mol. The summed E-state index contributed by atoms with van der Waals surface area (Å²) in [5.41, 5.74) is 27.0. The molecule has 93 heavy (non-hydrogen) atoms. The van der Waals surface area contributed by atoms with Gasteiger partial charge in [0.25, 0.3) is 13.4 Å². The van der Waals surface area contributed by atoms with Gasteiger partial charge in [0.05, 0.1) is 16.7 Å². The summed E-state index contributed by atoms with van der Waals surface area (Å²) in [7, 11) is 0. The molecule has 1 aromatic heterocycles. The van der Waals surface area contributed by atoms with E-state index in [1.807, 2.05) is 23.5 Å². The monoisotopic (exact) mass is 1230 g/mol. The van der Waals surface area contributed by atoms with Crippen LogP contribution in [0.25, 0.3) is 49.7 Å².